The fourth-order valence-corrected chi connectivity index (χ4v) is 3.61. The molecular weight excluding hydrogens is 334 g/mol. The molecular formula is C14H23N5O2S2. The fourth-order valence-electron chi connectivity index (χ4n) is 2.03. The zero-order chi connectivity index (χ0) is 16.8. The minimum atomic E-state index is -1.40. The highest BCUT2D eigenvalue weighted by Gasteiger charge is 2.10. The number of nitrogens with one attached hydrogen (secondary N) is 1. The van der Waals surface area contributed by atoms with Crippen molar-refractivity contribution in [3.8, 4) is 0 Å². The molecule has 1 atom stereocenters. The minimum absolute atomic E-state index is 0.597. The molecule has 0 fully saturated rings. The summed E-state index contributed by atoms with van der Waals surface area (Å²) in [7, 11) is 7.80. The second-order valence-corrected chi connectivity index (χ2v) is 7.54. The average Bonchev–Trinajstić information content (AvgIpc) is 3.05. The number of H-pyrrole nitrogens is 1. The molecule has 0 bridgehead atoms. The molecule has 0 aliphatic rings. The summed E-state index contributed by atoms with van der Waals surface area (Å²) in [4.78, 5) is 8.38. The van der Waals surface area contributed by atoms with Crippen molar-refractivity contribution in [2.75, 3.05) is 45.4 Å². The van der Waals surface area contributed by atoms with Crippen molar-refractivity contribution in [2.24, 2.45) is 4.99 Å². The molecule has 0 radical (unpaired) electrons. The number of rotatable bonds is 8. The Hall–Kier alpha value is -1.29. The monoisotopic (exact) mass is 357 g/mol. The van der Waals surface area contributed by atoms with Crippen molar-refractivity contribution in [3.63, 3.8) is 0 Å². The summed E-state index contributed by atoms with van der Waals surface area (Å²) >= 11 is 0.365. The van der Waals surface area contributed by atoms with Crippen LogP contribution in [-0.4, -0.2) is 58.7 Å². The molecule has 2 heterocycles. The SMILES string of the molecule is CN(C)Cc1ccoc1CSCCN=c1[nH][s+]([O-])nc1N(C)C. The maximum absolute atomic E-state index is 11.4. The second-order valence-electron chi connectivity index (χ2n) is 5.55. The van der Waals surface area contributed by atoms with Crippen LogP contribution in [0.3, 0.4) is 0 Å². The number of thioether (sulfide) groups is 1. The Morgan fingerprint density at radius 2 is 2.17 bits per heavy atom. The summed E-state index contributed by atoms with van der Waals surface area (Å²) in [6, 6.07) is 2.02. The molecule has 0 saturated heterocycles. The summed E-state index contributed by atoms with van der Waals surface area (Å²) < 4.78 is 23.7. The third-order valence-electron chi connectivity index (χ3n) is 3.05. The van der Waals surface area contributed by atoms with E-state index in [-0.39, 0.29) is 0 Å². The van der Waals surface area contributed by atoms with Gasteiger partial charge in [0.1, 0.15) is 5.76 Å². The van der Waals surface area contributed by atoms with Gasteiger partial charge < -0.3 is 18.8 Å². The normalized spacial score (nSPS) is 13.1. The second kappa shape index (κ2) is 8.53. The Morgan fingerprint density at radius 1 is 1.39 bits per heavy atom. The lowest BCUT2D eigenvalue weighted by Gasteiger charge is -2.09. The molecule has 128 valence electrons. The zero-order valence-corrected chi connectivity index (χ0v) is 15.5. The molecule has 23 heavy (non-hydrogen) atoms. The number of anilines is 1. The lowest BCUT2D eigenvalue weighted by Crippen LogP contribution is -2.19. The van der Waals surface area contributed by atoms with E-state index >= 15 is 0 Å². The van der Waals surface area contributed by atoms with Crippen LogP contribution in [0.25, 0.3) is 0 Å². The third kappa shape index (κ3) is 5.38. The molecule has 0 aromatic carbocycles. The van der Waals surface area contributed by atoms with Gasteiger partial charge in [0.05, 0.1) is 18.6 Å². The number of nitrogens with zero attached hydrogens (tertiary/aromatic N) is 4. The van der Waals surface area contributed by atoms with Crippen LogP contribution in [0.5, 0.6) is 0 Å². The first-order valence-corrected chi connectivity index (χ1v) is 9.50. The molecule has 2 aromatic rings. The molecule has 9 heteroatoms. The van der Waals surface area contributed by atoms with Crippen LogP contribution in [0.1, 0.15) is 11.3 Å². The van der Waals surface area contributed by atoms with Gasteiger partial charge in [0, 0.05) is 36.3 Å². The summed E-state index contributed by atoms with van der Waals surface area (Å²) in [6.07, 6.45) is 1.74. The van der Waals surface area contributed by atoms with Crippen LogP contribution >= 0.6 is 22.9 Å². The quantitative estimate of drug-likeness (QED) is 0.572. The highest BCUT2D eigenvalue weighted by Crippen LogP contribution is 2.18. The van der Waals surface area contributed by atoms with Crippen LogP contribution in [0, 0.1) is 0 Å². The van der Waals surface area contributed by atoms with E-state index in [0.717, 1.165) is 23.8 Å². The van der Waals surface area contributed by atoms with E-state index in [1.807, 2.05) is 34.3 Å². The van der Waals surface area contributed by atoms with Crippen molar-refractivity contribution in [3.05, 3.63) is 29.1 Å². The average molecular weight is 358 g/mol. The first-order chi connectivity index (χ1) is 11.0. The molecule has 0 aliphatic heterocycles. The number of hydrogen-bond donors (Lipinski definition) is 1. The summed E-state index contributed by atoms with van der Waals surface area (Å²) in [6.45, 7) is 1.52. The Balaban J connectivity index is 1.85. The highest BCUT2D eigenvalue weighted by atomic mass is 32.2. The number of hydrogen-bond acceptors (Lipinski definition) is 7. The largest absolute Gasteiger partial charge is 0.548 e. The molecule has 2 aromatic heterocycles. The van der Waals surface area contributed by atoms with E-state index in [1.54, 1.807) is 22.9 Å². The van der Waals surface area contributed by atoms with Gasteiger partial charge in [-0.3, -0.25) is 4.99 Å². The van der Waals surface area contributed by atoms with Crippen LogP contribution in [0.15, 0.2) is 21.7 Å². The third-order valence-corrected chi connectivity index (χ3v) is 4.70. The lowest BCUT2D eigenvalue weighted by molar-refractivity contribution is 0.396. The van der Waals surface area contributed by atoms with Crippen LogP contribution < -0.4 is 10.4 Å². The molecule has 1 unspecified atom stereocenters. The van der Waals surface area contributed by atoms with Gasteiger partial charge in [-0.25, -0.2) is 0 Å². The van der Waals surface area contributed by atoms with Gasteiger partial charge in [-0.1, -0.05) is 0 Å². The van der Waals surface area contributed by atoms with Gasteiger partial charge in [0.25, 0.3) is 0 Å². The maximum Gasteiger partial charge on any atom is 0.233 e. The molecule has 0 amide bonds. The van der Waals surface area contributed by atoms with Crippen molar-refractivity contribution in [1.82, 2.24) is 13.6 Å². The Morgan fingerprint density at radius 3 is 2.87 bits per heavy atom. The fraction of sp³-hybridized carbons (Fsp3) is 0.571. The maximum atomic E-state index is 11.4. The summed E-state index contributed by atoms with van der Waals surface area (Å²) in [5, 5.41) is 0. The first-order valence-electron chi connectivity index (χ1n) is 7.24. The predicted octanol–water partition coefficient (Wildman–Crippen LogP) is 1.69. The molecule has 7 nitrogen and oxygen atoms in total. The van der Waals surface area contributed by atoms with Gasteiger partial charge in [0.2, 0.25) is 11.3 Å². The lowest BCUT2D eigenvalue weighted by atomic mass is 10.2. The smallest absolute Gasteiger partial charge is 0.233 e. The minimum Gasteiger partial charge on any atom is -0.548 e. The van der Waals surface area contributed by atoms with E-state index in [2.05, 4.69) is 18.6 Å². The van der Waals surface area contributed by atoms with Crippen LogP contribution in [0.2, 0.25) is 0 Å². The van der Waals surface area contributed by atoms with E-state index < -0.39 is 11.1 Å². The van der Waals surface area contributed by atoms with Gasteiger partial charge in [-0.2, -0.15) is 11.8 Å². The van der Waals surface area contributed by atoms with E-state index in [1.165, 1.54) is 5.56 Å². The molecule has 1 N–H and O–H groups in total. The van der Waals surface area contributed by atoms with Crippen LogP contribution in [-0.2, 0) is 12.3 Å². The highest BCUT2D eigenvalue weighted by molar-refractivity contribution is 7.98. The molecule has 0 spiro atoms. The number of aromatic amines is 1. The van der Waals surface area contributed by atoms with Crippen molar-refractivity contribution < 1.29 is 8.97 Å². The Kier molecular flexibility index (Phi) is 6.70. The van der Waals surface area contributed by atoms with E-state index in [9.17, 15) is 4.55 Å². The van der Waals surface area contributed by atoms with Crippen molar-refractivity contribution in [2.45, 2.75) is 12.3 Å². The first kappa shape index (κ1) is 18.1. The predicted molar refractivity (Wildman–Crippen MR) is 94.3 cm³/mol. The zero-order valence-electron chi connectivity index (χ0n) is 13.9. The number of furan rings is 1. The summed E-state index contributed by atoms with van der Waals surface area (Å²) in [5.41, 5.74) is 1.82. The van der Waals surface area contributed by atoms with Gasteiger partial charge in [-0.15, -0.1) is 4.37 Å². The molecule has 0 aliphatic carbocycles. The van der Waals surface area contributed by atoms with Gasteiger partial charge >= 0.3 is 0 Å². The van der Waals surface area contributed by atoms with Gasteiger partial charge in [0.15, 0.2) is 11.1 Å². The summed E-state index contributed by atoms with van der Waals surface area (Å²) in [5.74, 6) is 3.34. The van der Waals surface area contributed by atoms with Crippen molar-refractivity contribution in [1.29, 1.82) is 0 Å². The van der Waals surface area contributed by atoms with E-state index in [4.69, 9.17) is 4.42 Å². The van der Waals surface area contributed by atoms with Gasteiger partial charge in [-0.05, 0) is 20.2 Å². The standard InChI is InChI=1S/C14H23N5O2S2/c1-18(2)9-11-5-7-21-12(11)10-22-8-6-15-13-14(19(3)4)17-23(20)16-13/h5,7H,6,8-10H2,1-4H3,(H,15,16). The van der Waals surface area contributed by atoms with Crippen LogP contribution in [0.4, 0.5) is 5.82 Å². The van der Waals surface area contributed by atoms with E-state index in [0.29, 0.717) is 17.9 Å². The van der Waals surface area contributed by atoms with Crippen molar-refractivity contribution >= 4 is 28.7 Å². The molecule has 0 saturated carbocycles. The number of aromatic nitrogens is 2. The Labute approximate surface area is 143 Å². The molecule has 2 rings (SSSR count). The Bertz CT molecular complexity index is 675. The topological polar surface area (TPSA) is 83.7 Å².